The largest absolute Gasteiger partial charge is 0.384 e. The fourth-order valence-corrected chi connectivity index (χ4v) is 2.35. The van der Waals surface area contributed by atoms with Gasteiger partial charge < -0.3 is 4.74 Å². The number of likely N-dealkylation sites (tertiary alicyclic amines) is 1. The van der Waals surface area contributed by atoms with Gasteiger partial charge >= 0.3 is 0 Å². The molecular formula is C12H25NO. The van der Waals surface area contributed by atoms with E-state index in [2.05, 4.69) is 32.6 Å². The zero-order valence-electron chi connectivity index (χ0n) is 10.4. The van der Waals surface area contributed by atoms with Gasteiger partial charge in [0, 0.05) is 24.6 Å². The molecule has 0 spiro atoms. The molecule has 2 heteroatoms. The molecule has 1 fully saturated rings. The van der Waals surface area contributed by atoms with Crippen LogP contribution >= 0.6 is 0 Å². The molecule has 0 aromatic carbocycles. The van der Waals surface area contributed by atoms with Crippen LogP contribution in [-0.4, -0.2) is 37.2 Å². The maximum absolute atomic E-state index is 5.32. The van der Waals surface area contributed by atoms with E-state index in [-0.39, 0.29) is 0 Å². The van der Waals surface area contributed by atoms with E-state index >= 15 is 0 Å². The molecule has 0 amide bonds. The Morgan fingerprint density at radius 3 is 2.50 bits per heavy atom. The van der Waals surface area contributed by atoms with E-state index < -0.39 is 0 Å². The summed E-state index contributed by atoms with van der Waals surface area (Å²) >= 11 is 0. The lowest BCUT2D eigenvalue weighted by molar-refractivity contribution is -0.0101. The minimum atomic E-state index is 0.301. The van der Waals surface area contributed by atoms with E-state index in [0.717, 1.165) is 6.61 Å². The topological polar surface area (TPSA) is 12.5 Å². The Hall–Kier alpha value is -0.0800. The fraction of sp³-hybridized carbons (Fsp3) is 1.00. The summed E-state index contributed by atoms with van der Waals surface area (Å²) in [6, 6.07) is 0. The summed E-state index contributed by atoms with van der Waals surface area (Å²) < 4.78 is 5.32. The summed E-state index contributed by atoms with van der Waals surface area (Å²) in [4.78, 5) is 2.58. The van der Waals surface area contributed by atoms with Crippen LogP contribution in [0.3, 0.4) is 0 Å². The van der Waals surface area contributed by atoms with Gasteiger partial charge in [-0.1, -0.05) is 6.92 Å². The van der Waals surface area contributed by atoms with Crippen molar-refractivity contribution in [3.05, 3.63) is 0 Å². The first-order valence-corrected chi connectivity index (χ1v) is 5.61. The molecule has 0 saturated carbocycles. The molecule has 0 aromatic rings. The van der Waals surface area contributed by atoms with E-state index in [4.69, 9.17) is 4.74 Å². The zero-order chi connectivity index (χ0) is 10.8. The smallest absolute Gasteiger partial charge is 0.0528 e. The highest BCUT2D eigenvalue weighted by Crippen LogP contribution is 2.32. The maximum Gasteiger partial charge on any atom is 0.0528 e. The van der Waals surface area contributed by atoms with Gasteiger partial charge in [0.2, 0.25) is 0 Å². The normalized spacial score (nSPS) is 30.6. The highest BCUT2D eigenvalue weighted by Gasteiger charge is 2.35. The van der Waals surface area contributed by atoms with Crippen molar-refractivity contribution in [1.82, 2.24) is 4.90 Å². The number of hydrogen-bond acceptors (Lipinski definition) is 2. The number of nitrogens with zero attached hydrogens (tertiary/aromatic N) is 1. The molecule has 0 N–H and O–H groups in total. The van der Waals surface area contributed by atoms with Gasteiger partial charge in [-0.15, -0.1) is 0 Å². The second kappa shape index (κ2) is 4.19. The Kier molecular flexibility index (Phi) is 3.59. The molecule has 1 atom stereocenters. The minimum Gasteiger partial charge on any atom is -0.384 e. The first kappa shape index (κ1) is 12.0. The standard InChI is InChI=1S/C12H25NO/c1-11(2,3)13-8-6-7-12(4,9-13)10-14-5/h6-10H2,1-5H3. The van der Waals surface area contributed by atoms with Crippen LogP contribution in [0.1, 0.15) is 40.5 Å². The highest BCUT2D eigenvalue weighted by atomic mass is 16.5. The maximum atomic E-state index is 5.32. The van der Waals surface area contributed by atoms with Gasteiger partial charge in [0.1, 0.15) is 0 Å². The van der Waals surface area contributed by atoms with Crippen molar-refractivity contribution in [2.24, 2.45) is 5.41 Å². The van der Waals surface area contributed by atoms with Gasteiger partial charge in [0.05, 0.1) is 6.61 Å². The third-order valence-electron chi connectivity index (χ3n) is 3.22. The first-order valence-electron chi connectivity index (χ1n) is 5.61. The van der Waals surface area contributed by atoms with Crippen LogP contribution in [0, 0.1) is 5.41 Å². The predicted octanol–water partition coefficient (Wildman–Crippen LogP) is 2.53. The molecule has 0 aromatic heterocycles. The van der Waals surface area contributed by atoms with E-state index in [1.54, 1.807) is 7.11 Å². The Morgan fingerprint density at radius 2 is 2.00 bits per heavy atom. The number of rotatable bonds is 2. The third-order valence-corrected chi connectivity index (χ3v) is 3.22. The number of ether oxygens (including phenoxy) is 1. The second-order valence-electron chi connectivity index (χ2n) is 5.94. The molecule has 1 heterocycles. The van der Waals surface area contributed by atoms with Gasteiger partial charge in [-0.25, -0.2) is 0 Å². The number of methoxy groups -OCH3 is 1. The summed E-state index contributed by atoms with van der Waals surface area (Å²) in [6.45, 7) is 12.5. The predicted molar refractivity (Wildman–Crippen MR) is 60.5 cm³/mol. The Bertz CT molecular complexity index is 181. The van der Waals surface area contributed by atoms with Crippen molar-refractivity contribution in [3.8, 4) is 0 Å². The average molecular weight is 199 g/mol. The minimum absolute atomic E-state index is 0.301. The fourth-order valence-electron chi connectivity index (χ4n) is 2.35. The second-order valence-corrected chi connectivity index (χ2v) is 5.94. The summed E-state index contributed by atoms with van der Waals surface area (Å²) in [6.07, 6.45) is 2.60. The Labute approximate surface area is 88.6 Å². The monoisotopic (exact) mass is 199 g/mol. The zero-order valence-corrected chi connectivity index (χ0v) is 10.4. The molecule has 1 aliphatic heterocycles. The van der Waals surface area contributed by atoms with Gasteiger partial charge in [-0.2, -0.15) is 0 Å². The van der Waals surface area contributed by atoms with Crippen LogP contribution < -0.4 is 0 Å². The molecule has 0 bridgehead atoms. The van der Waals surface area contributed by atoms with Gasteiger partial charge in [-0.05, 0) is 40.2 Å². The molecule has 0 aliphatic carbocycles. The van der Waals surface area contributed by atoms with Crippen molar-refractivity contribution in [2.45, 2.75) is 46.1 Å². The average Bonchev–Trinajstić information content (AvgIpc) is 2.02. The van der Waals surface area contributed by atoms with Gasteiger partial charge in [0.25, 0.3) is 0 Å². The third kappa shape index (κ3) is 2.96. The van der Waals surface area contributed by atoms with E-state index in [0.29, 0.717) is 11.0 Å². The van der Waals surface area contributed by atoms with Gasteiger partial charge in [-0.3, -0.25) is 4.90 Å². The van der Waals surface area contributed by atoms with Crippen LogP contribution in [0.4, 0.5) is 0 Å². The molecule has 1 unspecified atom stereocenters. The number of hydrogen-bond donors (Lipinski definition) is 0. The van der Waals surface area contributed by atoms with E-state index in [1.165, 1.54) is 25.9 Å². The lowest BCUT2D eigenvalue weighted by Crippen LogP contribution is -2.51. The van der Waals surface area contributed by atoms with Crippen molar-refractivity contribution in [2.75, 3.05) is 26.8 Å². The SMILES string of the molecule is COCC1(C)CCCN(C(C)(C)C)C1. The Balaban J connectivity index is 2.59. The van der Waals surface area contributed by atoms with Crippen molar-refractivity contribution in [1.29, 1.82) is 0 Å². The summed E-state index contributed by atoms with van der Waals surface area (Å²) in [5.41, 5.74) is 0.662. The first-order chi connectivity index (χ1) is 6.37. The molecule has 0 radical (unpaired) electrons. The quantitative estimate of drug-likeness (QED) is 0.677. The molecule has 1 aliphatic rings. The molecule has 84 valence electrons. The van der Waals surface area contributed by atoms with Crippen LogP contribution in [0.25, 0.3) is 0 Å². The van der Waals surface area contributed by atoms with E-state index in [9.17, 15) is 0 Å². The van der Waals surface area contributed by atoms with Crippen LogP contribution in [0.5, 0.6) is 0 Å². The summed E-state index contributed by atoms with van der Waals surface area (Å²) in [7, 11) is 1.81. The van der Waals surface area contributed by atoms with Crippen LogP contribution in [-0.2, 0) is 4.74 Å². The number of piperidine rings is 1. The van der Waals surface area contributed by atoms with Crippen LogP contribution in [0.15, 0.2) is 0 Å². The molecule has 1 rings (SSSR count). The van der Waals surface area contributed by atoms with Crippen molar-refractivity contribution >= 4 is 0 Å². The molecular weight excluding hydrogens is 174 g/mol. The van der Waals surface area contributed by atoms with Crippen molar-refractivity contribution in [3.63, 3.8) is 0 Å². The lowest BCUT2D eigenvalue weighted by Gasteiger charge is -2.46. The molecule has 1 saturated heterocycles. The highest BCUT2D eigenvalue weighted by molar-refractivity contribution is 4.88. The Morgan fingerprint density at radius 1 is 1.36 bits per heavy atom. The van der Waals surface area contributed by atoms with Crippen molar-refractivity contribution < 1.29 is 4.74 Å². The molecule has 2 nitrogen and oxygen atoms in total. The van der Waals surface area contributed by atoms with Crippen LogP contribution in [0.2, 0.25) is 0 Å². The van der Waals surface area contributed by atoms with E-state index in [1.807, 2.05) is 0 Å². The lowest BCUT2D eigenvalue weighted by atomic mass is 9.81. The summed E-state index contributed by atoms with van der Waals surface area (Å²) in [5, 5.41) is 0. The molecule has 14 heavy (non-hydrogen) atoms. The van der Waals surface area contributed by atoms with Gasteiger partial charge in [0.15, 0.2) is 0 Å². The summed E-state index contributed by atoms with van der Waals surface area (Å²) in [5.74, 6) is 0.